The number of aryl methyl sites for hydroxylation is 1. The van der Waals surface area contributed by atoms with Crippen molar-refractivity contribution in [3.63, 3.8) is 0 Å². The van der Waals surface area contributed by atoms with Gasteiger partial charge in [0.1, 0.15) is 5.00 Å². The second-order valence-electron chi connectivity index (χ2n) is 6.20. The Morgan fingerprint density at radius 1 is 1.30 bits per heavy atom. The summed E-state index contributed by atoms with van der Waals surface area (Å²) in [6.07, 6.45) is 0.965. The number of ether oxygens (including phenoxy) is 1. The molecule has 1 aliphatic heterocycles. The van der Waals surface area contributed by atoms with Crippen LogP contribution in [-0.4, -0.2) is 25.2 Å². The Morgan fingerprint density at radius 3 is 2.81 bits per heavy atom. The lowest BCUT2D eigenvalue weighted by Gasteiger charge is -2.15. The number of carbonyl (C=O) groups is 2. The molecule has 3 rings (SSSR count). The molecule has 9 heteroatoms. The summed E-state index contributed by atoms with van der Waals surface area (Å²) in [5, 5.41) is 9.61. The summed E-state index contributed by atoms with van der Waals surface area (Å²) in [6, 6.07) is -0.331. The summed E-state index contributed by atoms with van der Waals surface area (Å²) < 4.78 is 6.19. The molecule has 6 nitrogen and oxygen atoms in total. The number of fused-ring (bicyclic) bond motifs is 1. The third-order valence-corrected chi connectivity index (χ3v) is 7.66. The summed E-state index contributed by atoms with van der Waals surface area (Å²) >= 11 is 6.71. The zero-order valence-corrected chi connectivity index (χ0v) is 18.7. The number of hydrogen-bond donors (Lipinski definition) is 3. The van der Waals surface area contributed by atoms with E-state index in [-0.39, 0.29) is 6.03 Å². The van der Waals surface area contributed by atoms with Gasteiger partial charge in [0, 0.05) is 22.8 Å². The number of carbonyl (C=O) groups excluding carboxylic acids is 2. The zero-order valence-electron chi connectivity index (χ0n) is 15.5. The molecule has 0 aliphatic carbocycles. The molecule has 0 aromatic carbocycles. The molecule has 146 valence electrons. The molecule has 27 heavy (non-hydrogen) atoms. The molecule has 2 aromatic rings. The van der Waals surface area contributed by atoms with E-state index in [1.54, 1.807) is 18.3 Å². The first-order chi connectivity index (χ1) is 12.9. The van der Waals surface area contributed by atoms with Crippen molar-refractivity contribution < 1.29 is 14.3 Å². The van der Waals surface area contributed by atoms with Crippen LogP contribution in [0.15, 0.2) is 3.79 Å². The van der Waals surface area contributed by atoms with Crippen LogP contribution in [-0.2, 0) is 24.2 Å². The predicted octanol–water partition coefficient (Wildman–Crippen LogP) is 4.33. The van der Waals surface area contributed by atoms with Gasteiger partial charge in [0.25, 0.3) is 0 Å². The van der Waals surface area contributed by atoms with Crippen LogP contribution in [0.25, 0.3) is 0 Å². The van der Waals surface area contributed by atoms with Gasteiger partial charge in [-0.05, 0) is 66.4 Å². The number of rotatable bonds is 5. The maximum Gasteiger partial charge on any atom is 0.341 e. The van der Waals surface area contributed by atoms with Gasteiger partial charge in [-0.25, -0.2) is 9.59 Å². The summed E-state index contributed by atoms with van der Waals surface area (Å²) in [6.45, 7) is 8.12. The average molecular weight is 472 g/mol. The van der Waals surface area contributed by atoms with Gasteiger partial charge in [-0.2, -0.15) is 0 Å². The lowest BCUT2D eigenvalue weighted by molar-refractivity contribution is 0.0527. The minimum atomic E-state index is -0.406. The summed E-state index contributed by atoms with van der Waals surface area (Å²) in [7, 11) is 0. The molecule has 0 radical (unpaired) electrons. The number of thiophene rings is 2. The van der Waals surface area contributed by atoms with Gasteiger partial charge in [-0.1, -0.05) is 0 Å². The smallest absolute Gasteiger partial charge is 0.341 e. The van der Waals surface area contributed by atoms with Crippen molar-refractivity contribution in [3.05, 3.63) is 35.8 Å². The highest BCUT2D eigenvalue weighted by Gasteiger charge is 2.23. The highest BCUT2D eigenvalue weighted by molar-refractivity contribution is 9.11. The van der Waals surface area contributed by atoms with Gasteiger partial charge >= 0.3 is 12.0 Å². The fourth-order valence-electron chi connectivity index (χ4n) is 3.02. The van der Waals surface area contributed by atoms with Gasteiger partial charge in [0.15, 0.2) is 0 Å². The Hall–Kier alpha value is -1.42. The van der Waals surface area contributed by atoms with Crippen LogP contribution < -0.4 is 16.0 Å². The average Bonchev–Trinajstić information content (AvgIpc) is 3.09. The molecule has 0 saturated carbocycles. The summed E-state index contributed by atoms with van der Waals surface area (Å²) in [4.78, 5) is 27.0. The maximum atomic E-state index is 12.4. The van der Waals surface area contributed by atoms with E-state index in [9.17, 15) is 9.59 Å². The Bertz CT molecular complexity index is 876. The number of amides is 2. The van der Waals surface area contributed by atoms with Gasteiger partial charge in [0.2, 0.25) is 0 Å². The molecule has 2 aromatic heterocycles. The predicted molar refractivity (Wildman–Crippen MR) is 113 cm³/mol. The van der Waals surface area contributed by atoms with Crippen LogP contribution in [0.3, 0.4) is 0 Å². The Morgan fingerprint density at radius 2 is 2.07 bits per heavy atom. The standard InChI is InChI=1S/C18H22BrN3O3S2/c1-4-25-17(23)14-9(2)10(3)26-16(14)22-18(24)21-7-12-11-5-6-20-8-13(11)27-15(12)19/h20H,4-8H2,1-3H3,(H2,21,22,24). The third kappa shape index (κ3) is 4.37. The molecule has 3 N–H and O–H groups in total. The molecule has 3 heterocycles. The maximum absolute atomic E-state index is 12.4. The highest BCUT2D eigenvalue weighted by atomic mass is 79.9. The van der Waals surface area contributed by atoms with Crippen molar-refractivity contribution in [2.24, 2.45) is 0 Å². The molecule has 2 amide bonds. The van der Waals surface area contributed by atoms with E-state index < -0.39 is 5.97 Å². The quantitative estimate of drug-likeness (QED) is 0.566. The summed E-state index contributed by atoms with van der Waals surface area (Å²) in [5.41, 5.74) is 3.74. The molecule has 0 fully saturated rings. The van der Waals surface area contributed by atoms with E-state index in [1.807, 2.05) is 13.8 Å². The third-order valence-electron chi connectivity index (χ3n) is 4.51. The van der Waals surface area contributed by atoms with E-state index >= 15 is 0 Å². The molecular formula is C18H22BrN3O3S2. The molecule has 0 saturated heterocycles. The largest absolute Gasteiger partial charge is 0.462 e. The topological polar surface area (TPSA) is 79.5 Å². The minimum absolute atomic E-state index is 0.297. The first-order valence-electron chi connectivity index (χ1n) is 8.73. The van der Waals surface area contributed by atoms with Crippen molar-refractivity contribution >= 4 is 55.6 Å². The van der Waals surface area contributed by atoms with Crippen LogP contribution in [0.5, 0.6) is 0 Å². The fourth-order valence-corrected chi connectivity index (χ4v) is 6.09. The Kier molecular flexibility index (Phi) is 6.56. The van der Waals surface area contributed by atoms with E-state index in [1.165, 1.54) is 21.8 Å². The number of halogens is 1. The first kappa shape index (κ1) is 20.3. The van der Waals surface area contributed by atoms with Gasteiger partial charge < -0.3 is 15.4 Å². The molecule has 0 spiro atoms. The second kappa shape index (κ2) is 8.72. The number of hydrogen-bond acceptors (Lipinski definition) is 6. The van der Waals surface area contributed by atoms with Crippen LogP contribution in [0, 0.1) is 13.8 Å². The molecule has 0 unspecified atom stereocenters. The summed E-state index contributed by atoms with van der Waals surface area (Å²) in [5.74, 6) is -0.406. The van der Waals surface area contributed by atoms with Crippen LogP contribution in [0.4, 0.5) is 9.80 Å². The lowest BCUT2D eigenvalue weighted by Crippen LogP contribution is -2.29. The van der Waals surface area contributed by atoms with Crippen molar-refractivity contribution in [3.8, 4) is 0 Å². The van der Waals surface area contributed by atoms with Crippen molar-refractivity contribution in [2.45, 2.75) is 40.3 Å². The van der Waals surface area contributed by atoms with E-state index in [2.05, 4.69) is 31.9 Å². The van der Waals surface area contributed by atoms with Crippen LogP contribution in [0.1, 0.15) is 43.7 Å². The van der Waals surface area contributed by atoms with E-state index in [4.69, 9.17) is 4.74 Å². The first-order valence-corrected chi connectivity index (χ1v) is 11.2. The molecular weight excluding hydrogens is 450 g/mol. The second-order valence-corrected chi connectivity index (χ2v) is 9.85. The van der Waals surface area contributed by atoms with Gasteiger partial charge in [0.05, 0.1) is 16.0 Å². The number of anilines is 1. The number of nitrogens with one attached hydrogen (secondary N) is 3. The SMILES string of the molecule is CCOC(=O)c1c(NC(=O)NCc2c(Br)sc3c2CCNC3)sc(C)c1C. The van der Waals surface area contributed by atoms with Crippen LogP contribution in [0.2, 0.25) is 0 Å². The Labute approximate surface area is 174 Å². The van der Waals surface area contributed by atoms with Crippen molar-refractivity contribution in [1.82, 2.24) is 10.6 Å². The van der Waals surface area contributed by atoms with Crippen LogP contribution >= 0.6 is 38.6 Å². The zero-order chi connectivity index (χ0) is 19.6. The van der Waals surface area contributed by atoms with Gasteiger partial charge in [-0.15, -0.1) is 22.7 Å². The van der Waals surface area contributed by atoms with E-state index in [0.29, 0.717) is 23.7 Å². The van der Waals surface area contributed by atoms with E-state index in [0.717, 1.165) is 39.3 Å². The molecule has 0 atom stereocenters. The lowest BCUT2D eigenvalue weighted by atomic mass is 10.0. The number of urea groups is 1. The molecule has 1 aliphatic rings. The monoisotopic (exact) mass is 471 g/mol. The molecule has 0 bridgehead atoms. The van der Waals surface area contributed by atoms with Crippen molar-refractivity contribution in [2.75, 3.05) is 18.5 Å². The fraction of sp³-hybridized carbons (Fsp3) is 0.444. The number of esters is 1. The van der Waals surface area contributed by atoms with Crippen molar-refractivity contribution in [1.29, 1.82) is 0 Å². The van der Waals surface area contributed by atoms with Gasteiger partial charge in [-0.3, -0.25) is 5.32 Å². The normalized spacial score (nSPS) is 13.2. The minimum Gasteiger partial charge on any atom is -0.462 e. The Balaban J connectivity index is 1.70. The highest BCUT2D eigenvalue weighted by Crippen LogP contribution is 2.35.